The van der Waals surface area contributed by atoms with Gasteiger partial charge in [-0.25, -0.2) is 0 Å². The Hall–Kier alpha value is -3.40. The Bertz CT molecular complexity index is 871. The van der Waals surface area contributed by atoms with Gasteiger partial charge in [0.15, 0.2) is 11.4 Å². The molecule has 0 amide bonds. The first-order chi connectivity index (χ1) is 10.5. The van der Waals surface area contributed by atoms with Crippen molar-refractivity contribution in [2.75, 3.05) is 6.61 Å². The monoisotopic (exact) mass is 300 g/mol. The summed E-state index contributed by atoms with van der Waals surface area (Å²) in [5.41, 5.74) is -0.402. The first-order valence-electron chi connectivity index (χ1n) is 6.23. The molecule has 0 bridgehead atoms. The number of nitriles is 2. The molecule has 10 heteroatoms. The highest BCUT2D eigenvalue weighted by Gasteiger charge is 2.16. The summed E-state index contributed by atoms with van der Waals surface area (Å²) in [6.45, 7) is 2.12. The molecule has 1 N–H and O–H groups in total. The van der Waals surface area contributed by atoms with E-state index in [0.29, 0.717) is 6.61 Å². The third-order valence-electron chi connectivity index (χ3n) is 2.80. The van der Waals surface area contributed by atoms with Gasteiger partial charge in [-0.3, -0.25) is 14.6 Å². The van der Waals surface area contributed by atoms with Crippen LogP contribution in [0.15, 0.2) is 15.0 Å². The Balaban J connectivity index is 2.47. The van der Waals surface area contributed by atoms with Crippen molar-refractivity contribution in [2.45, 2.75) is 6.92 Å². The minimum absolute atomic E-state index is 0.00985. The first kappa shape index (κ1) is 15.0. The predicted molar refractivity (Wildman–Crippen MR) is 74.0 cm³/mol. The fourth-order valence-corrected chi connectivity index (χ4v) is 1.72. The first-order valence-corrected chi connectivity index (χ1v) is 6.23. The van der Waals surface area contributed by atoms with Gasteiger partial charge in [-0.1, -0.05) is 0 Å². The zero-order valence-electron chi connectivity index (χ0n) is 12.2. The van der Waals surface area contributed by atoms with E-state index in [1.165, 1.54) is 23.3 Å². The number of aromatic amines is 1. The van der Waals surface area contributed by atoms with Crippen LogP contribution in [0.2, 0.25) is 0 Å². The molecule has 0 aliphatic heterocycles. The van der Waals surface area contributed by atoms with E-state index in [1.807, 2.05) is 6.07 Å². The molecular formula is C12H12N8O2. The van der Waals surface area contributed by atoms with Gasteiger partial charge in [0.25, 0.3) is 11.5 Å². The average Bonchev–Trinajstić information content (AvgIpc) is 2.95. The summed E-state index contributed by atoms with van der Waals surface area (Å²) >= 11 is 0. The van der Waals surface area contributed by atoms with E-state index in [1.54, 1.807) is 13.0 Å². The molecule has 2 aromatic rings. The van der Waals surface area contributed by atoms with Crippen LogP contribution in [0.1, 0.15) is 18.3 Å². The summed E-state index contributed by atoms with van der Waals surface area (Å²) in [7, 11) is 3.05. The van der Waals surface area contributed by atoms with Crippen LogP contribution in [-0.4, -0.2) is 25.9 Å². The van der Waals surface area contributed by atoms with E-state index >= 15 is 0 Å². The van der Waals surface area contributed by atoms with Gasteiger partial charge in [-0.15, -0.1) is 10.2 Å². The second-order valence-corrected chi connectivity index (χ2v) is 4.18. The summed E-state index contributed by atoms with van der Waals surface area (Å²) in [6.07, 6.45) is 0. The van der Waals surface area contributed by atoms with Crippen molar-refractivity contribution in [1.82, 2.24) is 19.3 Å². The van der Waals surface area contributed by atoms with Crippen LogP contribution in [0.5, 0.6) is 5.88 Å². The highest BCUT2D eigenvalue weighted by Crippen LogP contribution is 2.24. The van der Waals surface area contributed by atoms with E-state index < -0.39 is 5.56 Å². The zero-order chi connectivity index (χ0) is 16.3. The maximum absolute atomic E-state index is 11.9. The Labute approximate surface area is 124 Å². The molecule has 0 radical (unpaired) electrons. The van der Waals surface area contributed by atoms with Crippen LogP contribution >= 0.6 is 0 Å². The van der Waals surface area contributed by atoms with Gasteiger partial charge < -0.3 is 9.30 Å². The summed E-state index contributed by atoms with van der Waals surface area (Å²) in [5, 5.41) is 28.2. The minimum Gasteiger partial charge on any atom is -0.477 e. The maximum atomic E-state index is 11.9. The summed E-state index contributed by atoms with van der Waals surface area (Å²) in [4.78, 5) is 15.8. The quantitative estimate of drug-likeness (QED) is 0.839. The second kappa shape index (κ2) is 5.93. The predicted octanol–water partition coefficient (Wildman–Crippen LogP) is 1.00. The average molecular weight is 300 g/mol. The standard InChI is InChI=1S/C12H12N8O2/c1-4-22-10-9(11(21)20(3)18-10)16-17-12-15-7(5-13)8(6-14)19(12)2/h18H,4H2,1-3H3. The van der Waals surface area contributed by atoms with Crippen molar-refractivity contribution in [2.24, 2.45) is 24.3 Å². The maximum Gasteiger partial charge on any atom is 0.298 e. The Morgan fingerprint density at radius 3 is 2.59 bits per heavy atom. The number of H-pyrrole nitrogens is 1. The highest BCUT2D eigenvalue weighted by atomic mass is 16.5. The van der Waals surface area contributed by atoms with Crippen molar-refractivity contribution < 1.29 is 4.74 Å². The van der Waals surface area contributed by atoms with Gasteiger partial charge in [0.05, 0.1) is 6.61 Å². The molecule has 2 aromatic heterocycles. The van der Waals surface area contributed by atoms with Crippen LogP contribution in [0.3, 0.4) is 0 Å². The van der Waals surface area contributed by atoms with E-state index in [9.17, 15) is 4.79 Å². The number of nitrogens with one attached hydrogen (secondary N) is 1. The van der Waals surface area contributed by atoms with E-state index in [0.717, 1.165) is 0 Å². The van der Waals surface area contributed by atoms with Crippen LogP contribution < -0.4 is 10.3 Å². The number of aryl methyl sites for hydroxylation is 1. The third kappa shape index (κ3) is 2.45. The number of rotatable bonds is 4. The lowest BCUT2D eigenvalue weighted by Crippen LogP contribution is -2.10. The van der Waals surface area contributed by atoms with E-state index in [2.05, 4.69) is 20.3 Å². The van der Waals surface area contributed by atoms with Crippen molar-refractivity contribution >= 4 is 11.6 Å². The van der Waals surface area contributed by atoms with Gasteiger partial charge in [-0.05, 0) is 6.92 Å². The summed E-state index contributed by atoms with van der Waals surface area (Å²) < 4.78 is 7.79. The number of hydrogen-bond acceptors (Lipinski definition) is 7. The van der Waals surface area contributed by atoms with Gasteiger partial charge in [0, 0.05) is 14.1 Å². The van der Waals surface area contributed by atoms with Crippen molar-refractivity contribution in [3.8, 4) is 18.0 Å². The highest BCUT2D eigenvalue weighted by molar-refractivity contribution is 5.46. The van der Waals surface area contributed by atoms with Gasteiger partial charge in [-0.2, -0.15) is 15.5 Å². The number of ether oxygens (including phenoxy) is 1. The number of hydrogen-bond donors (Lipinski definition) is 1. The number of nitrogens with zero attached hydrogens (tertiary/aromatic N) is 7. The normalized spacial score (nSPS) is 10.6. The largest absolute Gasteiger partial charge is 0.477 e. The summed E-state index contributed by atoms with van der Waals surface area (Å²) in [6, 6.07) is 3.66. The molecule has 0 atom stereocenters. The smallest absolute Gasteiger partial charge is 0.298 e. The molecular weight excluding hydrogens is 288 g/mol. The molecule has 10 nitrogen and oxygen atoms in total. The minimum atomic E-state index is -0.414. The molecule has 0 aliphatic rings. The second-order valence-electron chi connectivity index (χ2n) is 4.18. The molecule has 2 rings (SSSR count). The van der Waals surface area contributed by atoms with Gasteiger partial charge in [0.2, 0.25) is 11.6 Å². The zero-order valence-corrected chi connectivity index (χ0v) is 12.2. The van der Waals surface area contributed by atoms with Crippen LogP contribution in [-0.2, 0) is 14.1 Å². The topological polar surface area (TPSA) is 137 Å². The molecule has 0 fully saturated rings. The number of azo groups is 1. The SMILES string of the molecule is CCOc1[nH]n(C)c(=O)c1N=Nc1nc(C#N)c(C#N)n1C. The molecule has 2 heterocycles. The Kier molecular flexibility index (Phi) is 4.04. The van der Waals surface area contributed by atoms with E-state index in [-0.39, 0.29) is 28.9 Å². The fourth-order valence-electron chi connectivity index (χ4n) is 1.72. The van der Waals surface area contributed by atoms with Crippen LogP contribution in [0.4, 0.5) is 11.6 Å². The molecule has 0 aromatic carbocycles. The molecule has 0 aliphatic carbocycles. The lowest BCUT2D eigenvalue weighted by Gasteiger charge is -1.98. The molecule has 22 heavy (non-hydrogen) atoms. The van der Waals surface area contributed by atoms with Crippen LogP contribution in [0, 0.1) is 22.7 Å². The molecule has 0 spiro atoms. The number of imidazole rings is 1. The van der Waals surface area contributed by atoms with Gasteiger partial charge >= 0.3 is 0 Å². The van der Waals surface area contributed by atoms with Gasteiger partial charge in [0.1, 0.15) is 12.1 Å². The lowest BCUT2D eigenvalue weighted by atomic mass is 10.4. The van der Waals surface area contributed by atoms with Crippen molar-refractivity contribution in [3.63, 3.8) is 0 Å². The molecule has 112 valence electrons. The number of aromatic nitrogens is 4. The van der Waals surface area contributed by atoms with Crippen molar-refractivity contribution in [3.05, 3.63) is 21.7 Å². The molecule has 0 saturated carbocycles. The fraction of sp³-hybridized carbons (Fsp3) is 0.333. The Morgan fingerprint density at radius 2 is 2.05 bits per heavy atom. The Morgan fingerprint density at radius 1 is 1.32 bits per heavy atom. The molecule has 0 unspecified atom stereocenters. The molecule has 0 saturated heterocycles. The third-order valence-corrected chi connectivity index (χ3v) is 2.80. The lowest BCUT2D eigenvalue weighted by molar-refractivity contribution is 0.324. The summed E-state index contributed by atoms with van der Waals surface area (Å²) in [5.74, 6) is 0.229. The van der Waals surface area contributed by atoms with Crippen LogP contribution in [0.25, 0.3) is 0 Å². The van der Waals surface area contributed by atoms with E-state index in [4.69, 9.17) is 15.3 Å². The van der Waals surface area contributed by atoms with Crippen molar-refractivity contribution in [1.29, 1.82) is 10.5 Å².